The fourth-order valence-corrected chi connectivity index (χ4v) is 0.116. The van der Waals surface area contributed by atoms with Gasteiger partial charge in [0.15, 0.2) is 0 Å². The first-order valence-electron chi connectivity index (χ1n) is 1.67. The molecule has 0 spiro atoms. The molecule has 0 aromatic carbocycles. The summed E-state index contributed by atoms with van der Waals surface area (Å²) < 4.78 is 4.18. The first-order chi connectivity index (χ1) is 2.91. The van der Waals surface area contributed by atoms with Crippen LogP contribution in [-0.2, 0) is 29.0 Å². The van der Waals surface area contributed by atoms with Crippen LogP contribution in [0, 0.1) is 0 Å². The normalized spacial score (nSPS) is 6.43. The van der Waals surface area contributed by atoms with Gasteiger partial charge in [-0.15, -0.1) is 0 Å². The van der Waals surface area contributed by atoms with Crippen molar-refractivity contribution in [2.24, 2.45) is 5.73 Å². The summed E-state index contributed by atoms with van der Waals surface area (Å²) in [5.41, 5.74) is 4.93. The van der Waals surface area contributed by atoms with Gasteiger partial charge in [-0.3, -0.25) is 4.79 Å². The first-order valence-corrected chi connectivity index (χ1v) is 1.67. The number of hydrogen-bond donors (Lipinski definition) is 1. The van der Waals surface area contributed by atoms with Crippen LogP contribution >= 0.6 is 0 Å². The van der Waals surface area contributed by atoms with E-state index >= 15 is 0 Å². The summed E-state index contributed by atoms with van der Waals surface area (Å²) in [6.45, 7) is 1.11. The second kappa shape index (κ2) is 9.41. The van der Waals surface area contributed by atoms with Crippen LogP contribution in [0.3, 0.4) is 0 Å². The molecule has 0 aliphatic carbocycles. The van der Waals surface area contributed by atoms with Gasteiger partial charge in [0.25, 0.3) is 6.47 Å². The fourth-order valence-electron chi connectivity index (χ4n) is 0.116. The minimum atomic E-state index is 0. The van der Waals surface area contributed by atoms with Crippen LogP contribution in [0.25, 0.3) is 0 Å². The largest absolute Gasteiger partial charge is 0.467 e. The summed E-state index contributed by atoms with van der Waals surface area (Å²) in [6, 6.07) is 0. The van der Waals surface area contributed by atoms with E-state index in [1.165, 1.54) is 0 Å². The zero-order chi connectivity index (χ0) is 4.83. The van der Waals surface area contributed by atoms with Gasteiger partial charge in [0.2, 0.25) is 0 Å². The van der Waals surface area contributed by atoms with E-state index in [1.54, 1.807) is 0 Å². The van der Waals surface area contributed by atoms with Crippen LogP contribution in [0.5, 0.6) is 0 Å². The van der Waals surface area contributed by atoms with Gasteiger partial charge in [0.1, 0.15) is 6.61 Å². The number of rotatable bonds is 3. The average Bonchev–Trinajstić information content (AvgIpc) is 1.61. The number of carbonyl (C=O) groups is 1. The zero-order valence-corrected chi connectivity index (χ0v) is 7.06. The third-order valence-corrected chi connectivity index (χ3v) is 0.304. The van der Waals surface area contributed by atoms with Crippen molar-refractivity contribution in [3.63, 3.8) is 0 Å². The molecule has 0 radical (unpaired) electrons. The Kier molecular flexibility index (Phi) is 13.6. The van der Waals surface area contributed by atoms with Crippen molar-refractivity contribution in [1.29, 1.82) is 0 Å². The molecule has 3 nitrogen and oxygen atoms in total. The van der Waals surface area contributed by atoms with Gasteiger partial charge in [-0.05, 0) is 0 Å². The van der Waals surface area contributed by atoms with Crippen molar-refractivity contribution in [3.05, 3.63) is 0 Å². The molecule has 0 unspecified atom stereocenters. The molecule has 0 atom stereocenters. The predicted molar refractivity (Wildman–Crippen MR) is 21.1 cm³/mol. The van der Waals surface area contributed by atoms with Crippen LogP contribution in [0.15, 0.2) is 0 Å². The number of nitrogens with two attached hydrogens (primary N) is 1. The third kappa shape index (κ3) is 10.7. The van der Waals surface area contributed by atoms with Gasteiger partial charge < -0.3 is 10.5 Å². The molecule has 0 bridgehead atoms. The Morgan fingerprint density at radius 2 is 2.29 bits per heavy atom. The summed E-state index contributed by atoms with van der Waals surface area (Å²) >= 11 is 0. The van der Waals surface area contributed by atoms with Gasteiger partial charge in [-0.1, -0.05) is 0 Å². The topological polar surface area (TPSA) is 52.3 Å². The molecule has 0 saturated carbocycles. The summed E-state index contributed by atoms with van der Waals surface area (Å²) in [5.74, 6) is 0. The Hall–Kier alpha value is 0.0534. The van der Waals surface area contributed by atoms with Crippen LogP contribution in [0.4, 0.5) is 0 Å². The second-order valence-electron chi connectivity index (χ2n) is 0.756. The van der Waals surface area contributed by atoms with E-state index in [2.05, 4.69) is 4.74 Å². The molecule has 4 heteroatoms. The van der Waals surface area contributed by atoms with Crippen molar-refractivity contribution >= 4 is 6.47 Å². The molecular formula is C3H7NO2Zn. The molecule has 2 N–H and O–H groups in total. The van der Waals surface area contributed by atoms with E-state index in [1.807, 2.05) is 0 Å². The Bertz CT molecular complexity index is 41.9. The molecular weight excluding hydrogens is 147 g/mol. The molecule has 0 rings (SSSR count). The van der Waals surface area contributed by atoms with Crippen molar-refractivity contribution < 1.29 is 29.0 Å². The Morgan fingerprint density at radius 1 is 1.71 bits per heavy atom. The van der Waals surface area contributed by atoms with Gasteiger partial charge in [-0.25, -0.2) is 0 Å². The number of carbonyl (C=O) groups excluding carboxylic acids is 1. The maximum atomic E-state index is 9.29. The standard InChI is InChI=1S/C3H7NO2.Zn/c4-1-2-6-3-5;/h3H,1-2,4H2;. The zero-order valence-electron chi connectivity index (χ0n) is 4.09. The number of ether oxygens (including phenoxy) is 1. The van der Waals surface area contributed by atoms with E-state index < -0.39 is 0 Å². The van der Waals surface area contributed by atoms with Crippen LogP contribution < -0.4 is 5.73 Å². The van der Waals surface area contributed by atoms with Gasteiger partial charge in [0.05, 0.1) is 0 Å². The molecule has 0 saturated heterocycles. The maximum absolute atomic E-state index is 9.29. The average molecular weight is 154 g/mol. The molecule has 7 heavy (non-hydrogen) atoms. The summed E-state index contributed by atoms with van der Waals surface area (Å²) in [6.07, 6.45) is 0. The summed E-state index contributed by atoms with van der Waals surface area (Å²) in [4.78, 5) is 9.29. The van der Waals surface area contributed by atoms with Crippen molar-refractivity contribution in [2.75, 3.05) is 13.2 Å². The minimum Gasteiger partial charge on any atom is -0.467 e. The van der Waals surface area contributed by atoms with Crippen LogP contribution in [0.2, 0.25) is 0 Å². The van der Waals surface area contributed by atoms with Gasteiger partial charge >= 0.3 is 0 Å². The monoisotopic (exact) mass is 153 g/mol. The Morgan fingerprint density at radius 3 is 2.43 bits per heavy atom. The predicted octanol–water partition coefficient (Wildman–Crippen LogP) is -0.884. The molecule has 38 valence electrons. The van der Waals surface area contributed by atoms with E-state index in [0.29, 0.717) is 19.6 Å². The SMILES string of the molecule is NCCOC=O.[Zn]. The fraction of sp³-hybridized carbons (Fsp3) is 0.667. The Balaban J connectivity index is 0. The maximum Gasteiger partial charge on any atom is 0.293 e. The quantitative estimate of drug-likeness (QED) is 0.326. The summed E-state index contributed by atoms with van der Waals surface area (Å²) in [5, 5.41) is 0. The molecule has 0 aliphatic rings. The van der Waals surface area contributed by atoms with E-state index in [4.69, 9.17) is 5.73 Å². The van der Waals surface area contributed by atoms with Crippen LogP contribution in [0.1, 0.15) is 0 Å². The van der Waals surface area contributed by atoms with Crippen molar-refractivity contribution in [1.82, 2.24) is 0 Å². The third-order valence-electron chi connectivity index (χ3n) is 0.304. The first kappa shape index (κ1) is 10.1. The van der Waals surface area contributed by atoms with Gasteiger partial charge in [-0.2, -0.15) is 0 Å². The second-order valence-corrected chi connectivity index (χ2v) is 0.756. The Labute approximate surface area is 55.0 Å². The van der Waals surface area contributed by atoms with Gasteiger partial charge in [0, 0.05) is 26.0 Å². The van der Waals surface area contributed by atoms with Crippen molar-refractivity contribution in [3.8, 4) is 0 Å². The molecule has 0 fully saturated rings. The van der Waals surface area contributed by atoms with E-state index in [9.17, 15) is 4.79 Å². The van der Waals surface area contributed by atoms with E-state index in [0.717, 1.165) is 0 Å². The smallest absolute Gasteiger partial charge is 0.293 e. The molecule has 0 amide bonds. The number of hydrogen-bond acceptors (Lipinski definition) is 3. The van der Waals surface area contributed by atoms with E-state index in [-0.39, 0.29) is 19.5 Å². The summed E-state index contributed by atoms with van der Waals surface area (Å²) in [7, 11) is 0. The minimum absolute atomic E-state index is 0. The molecule has 0 aromatic heterocycles. The van der Waals surface area contributed by atoms with Crippen molar-refractivity contribution in [2.45, 2.75) is 0 Å². The van der Waals surface area contributed by atoms with Crippen LogP contribution in [-0.4, -0.2) is 19.6 Å². The molecule has 0 aromatic rings. The molecule has 0 aliphatic heterocycles. The molecule has 0 heterocycles.